The summed E-state index contributed by atoms with van der Waals surface area (Å²) in [4.78, 5) is 0. The van der Waals surface area contributed by atoms with Gasteiger partial charge in [0.05, 0.1) is 19.9 Å². The van der Waals surface area contributed by atoms with E-state index in [4.69, 9.17) is 9.47 Å². The monoisotopic (exact) mass is 282 g/mol. The largest absolute Gasteiger partial charge is 0.495 e. The number of benzene rings is 1. The lowest BCUT2D eigenvalue weighted by atomic mass is 10.3. The highest BCUT2D eigenvalue weighted by atomic mass is 79.9. The molecule has 5 heteroatoms. The molecule has 0 saturated heterocycles. The molecule has 0 amide bonds. The van der Waals surface area contributed by atoms with Crippen LogP contribution in [0, 0.1) is 0 Å². The van der Waals surface area contributed by atoms with Crippen LogP contribution >= 0.6 is 15.9 Å². The molecule has 1 heterocycles. The second kappa shape index (κ2) is 4.57. The van der Waals surface area contributed by atoms with E-state index in [0.717, 1.165) is 10.2 Å². The van der Waals surface area contributed by atoms with Gasteiger partial charge in [-0.1, -0.05) is 0 Å². The maximum absolute atomic E-state index is 5.26. The quantitative estimate of drug-likeness (QED) is 0.868. The van der Waals surface area contributed by atoms with Crippen molar-refractivity contribution in [2.24, 2.45) is 0 Å². The zero-order chi connectivity index (χ0) is 11.5. The van der Waals surface area contributed by atoms with Crippen molar-refractivity contribution >= 4 is 15.9 Å². The van der Waals surface area contributed by atoms with Crippen LogP contribution in [-0.4, -0.2) is 24.0 Å². The summed E-state index contributed by atoms with van der Waals surface area (Å²) in [6.07, 6.45) is 3.59. The number of halogens is 1. The third kappa shape index (κ3) is 1.90. The first-order valence-electron chi connectivity index (χ1n) is 4.68. The van der Waals surface area contributed by atoms with Gasteiger partial charge in [-0.2, -0.15) is 5.10 Å². The van der Waals surface area contributed by atoms with Gasteiger partial charge in [-0.05, 0) is 22.0 Å². The fourth-order valence-electron chi connectivity index (χ4n) is 1.41. The molecular formula is C11H11BrN2O2. The maximum Gasteiger partial charge on any atom is 0.138 e. The summed E-state index contributed by atoms with van der Waals surface area (Å²) < 4.78 is 13.1. The van der Waals surface area contributed by atoms with Crippen LogP contribution in [0.4, 0.5) is 0 Å². The maximum atomic E-state index is 5.26. The Kier molecular flexibility index (Phi) is 3.14. The summed E-state index contributed by atoms with van der Waals surface area (Å²) >= 11 is 3.42. The standard InChI is InChI=1S/C11H11BrN2O2/c1-15-9-6-8(14-5-3-4-13-14)7-10(16-2)11(9)12/h3-7H,1-2H3. The number of hydrogen-bond acceptors (Lipinski definition) is 3. The van der Waals surface area contributed by atoms with Crippen molar-refractivity contribution in [1.29, 1.82) is 0 Å². The van der Waals surface area contributed by atoms with Gasteiger partial charge in [0.2, 0.25) is 0 Å². The van der Waals surface area contributed by atoms with Gasteiger partial charge in [0, 0.05) is 24.5 Å². The smallest absolute Gasteiger partial charge is 0.138 e. The first-order valence-corrected chi connectivity index (χ1v) is 5.47. The molecule has 1 aromatic heterocycles. The van der Waals surface area contributed by atoms with Gasteiger partial charge in [0.15, 0.2) is 0 Å². The number of ether oxygens (including phenoxy) is 2. The Hall–Kier alpha value is -1.49. The zero-order valence-electron chi connectivity index (χ0n) is 8.98. The number of methoxy groups -OCH3 is 2. The van der Waals surface area contributed by atoms with Crippen molar-refractivity contribution in [3.05, 3.63) is 35.1 Å². The van der Waals surface area contributed by atoms with Gasteiger partial charge >= 0.3 is 0 Å². The minimum atomic E-state index is 0.713. The Balaban J connectivity index is 2.56. The van der Waals surface area contributed by atoms with Crippen LogP contribution < -0.4 is 9.47 Å². The minimum Gasteiger partial charge on any atom is -0.495 e. The molecule has 84 valence electrons. The third-order valence-electron chi connectivity index (χ3n) is 2.20. The van der Waals surface area contributed by atoms with Crippen LogP contribution in [0.25, 0.3) is 5.69 Å². The van der Waals surface area contributed by atoms with E-state index in [2.05, 4.69) is 21.0 Å². The summed E-state index contributed by atoms with van der Waals surface area (Å²) in [6, 6.07) is 5.64. The highest BCUT2D eigenvalue weighted by Gasteiger charge is 2.10. The predicted molar refractivity (Wildman–Crippen MR) is 64.4 cm³/mol. The molecule has 0 spiro atoms. The molecule has 2 aromatic rings. The Morgan fingerprint density at radius 3 is 2.25 bits per heavy atom. The van der Waals surface area contributed by atoms with Gasteiger partial charge in [-0.15, -0.1) is 0 Å². The van der Waals surface area contributed by atoms with E-state index in [0.29, 0.717) is 11.5 Å². The number of aromatic nitrogens is 2. The number of hydrogen-bond donors (Lipinski definition) is 0. The van der Waals surface area contributed by atoms with Gasteiger partial charge < -0.3 is 9.47 Å². The molecule has 0 unspecified atom stereocenters. The minimum absolute atomic E-state index is 0.713. The van der Waals surface area contributed by atoms with E-state index in [-0.39, 0.29) is 0 Å². The Labute approximate surface area is 102 Å². The lowest BCUT2D eigenvalue weighted by Crippen LogP contribution is -1.97. The van der Waals surface area contributed by atoms with Gasteiger partial charge in [-0.25, -0.2) is 4.68 Å². The summed E-state index contributed by atoms with van der Waals surface area (Å²) in [7, 11) is 3.23. The van der Waals surface area contributed by atoms with E-state index >= 15 is 0 Å². The lowest BCUT2D eigenvalue weighted by molar-refractivity contribution is 0.389. The van der Waals surface area contributed by atoms with Crippen molar-refractivity contribution in [2.45, 2.75) is 0 Å². The van der Waals surface area contributed by atoms with E-state index < -0.39 is 0 Å². The number of nitrogens with zero attached hydrogens (tertiary/aromatic N) is 2. The normalized spacial score (nSPS) is 10.2. The Morgan fingerprint density at radius 2 is 1.81 bits per heavy atom. The van der Waals surface area contributed by atoms with Crippen molar-refractivity contribution in [2.75, 3.05) is 14.2 Å². The average Bonchev–Trinajstić information content (AvgIpc) is 2.83. The molecule has 0 saturated carbocycles. The number of rotatable bonds is 3. The van der Waals surface area contributed by atoms with Crippen molar-refractivity contribution in [3.63, 3.8) is 0 Å². The van der Waals surface area contributed by atoms with Crippen LogP contribution in [0.2, 0.25) is 0 Å². The molecule has 0 aliphatic rings. The fourth-order valence-corrected chi connectivity index (χ4v) is 1.96. The second-order valence-electron chi connectivity index (χ2n) is 3.11. The average molecular weight is 283 g/mol. The van der Waals surface area contributed by atoms with E-state index in [9.17, 15) is 0 Å². The van der Waals surface area contributed by atoms with Crippen LogP contribution in [-0.2, 0) is 0 Å². The van der Waals surface area contributed by atoms with Crippen LogP contribution in [0.3, 0.4) is 0 Å². The van der Waals surface area contributed by atoms with Crippen LogP contribution in [0.1, 0.15) is 0 Å². The highest BCUT2D eigenvalue weighted by Crippen LogP contribution is 2.36. The molecule has 16 heavy (non-hydrogen) atoms. The van der Waals surface area contributed by atoms with E-state index in [1.54, 1.807) is 25.1 Å². The van der Waals surface area contributed by atoms with Crippen molar-refractivity contribution in [1.82, 2.24) is 9.78 Å². The zero-order valence-corrected chi connectivity index (χ0v) is 10.6. The molecule has 0 radical (unpaired) electrons. The summed E-state index contributed by atoms with van der Waals surface area (Å²) in [6.45, 7) is 0. The Morgan fingerprint density at radius 1 is 1.19 bits per heavy atom. The summed E-state index contributed by atoms with van der Waals surface area (Å²) in [5.74, 6) is 1.43. The van der Waals surface area contributed by atoms with Gasteiger partial charge in [0.25, 0.3) is 0 Å². The molecular weight excluding hydrogens is 272 g/mol. The molecule has 4 nitrogen and oxygen atoms in total. The predicted octanol–water partition coefficient (Wildman–Crippen LogP) is 2.65. The van der Waals surface area contributed by atoms with Gasteiger partial charge in [0.1, 0.15) is 16.0 Å². The fraction of sp³-hybridized carbons (Fsp3) is 0.182. The topological polar surface area (TPSA) is 36.3 Å². The molecule has 1 aromatic carbocycles. The molecule has 0 N–H and O–H groups in total. The molecule has 2 rings (SSSR count). The Bertz CT molecular complexity index is 458. The first-order chi connectivity index (χ1) is 7.76. The molecule has 0 atom stereocenters. The molecule has 0 aliphatic heterocycles. The summed E-state index contributed by atoms with van der Waals surface area (Å²) in [5, 5.41) is 4.16. The highest BCUT2D eigenvalue weighted by molar-refractivity contribution is 9.10. The van der Waals surface area contributed by atoms with Crippen LogP contribution in [0.5, 0.6) is 11.5 Å². The van der Waals surface area contributed by atoms with Crippen molar-refractivity contribution < 1.29 is 9.47 Å². The molecule has 0 bridgehead atoms. The van der Waals surface area contributed by atoms with E-state index in [1.165, 1.54) is 0 Å². The second-order valence-corrected chi connectivity index (χ2v) is 3.91. The van der Waals surface area contributed by atoms with E-state index in [1.807, 2.05) is 24.4 Å². The third-order valence-corrected chi connectivity index (χ3v) is 2.98. The first kappa shape index (κ1) is 11.0. The molecule has 0 fully saturated rings. The van der Waals surface area contributed by atoms with Gasteiger partial charge in [-0.3, -0.25) is 0 Å². The summed E-state index contributed by atoms with van der Waals surface area (Å²) in [5.41, 5.74) is 0.891. The molecule has 0 aliphatic carbocycles. The SMILES string of the molecule is COc1cc(-n2cccn2)cc(OC)c1Br. The lowest BCUT2D eigenvalue weighted by Gasteiger charge is -2.11. The van der Waals surface area contributed by atoms with Crippen molar-refractivity contribution in [3.8, 4) is 17.2 Å². The van der Waals surface area contributed by atoms with Crippen LogP contribution in [0.15, 0.2) is 35.1 Å².